The molecular weight excluding hydrogens is 370 g/mol. The maximum Gasteiger partial charge on any atom is 0.225 e. The van der Waals surface area contributed by atoms with E-state index in [-0.39, 0.29) is 12.0 Å². The van der Waals surface area contributed by atoms with Crippen molar-refractivity contribution >= 4 is 28.1 Å². The van der Waals surface area contributed by atoms with Gasteiger partial charge in [0.1, 0.15) is 0 Å². The molecule has 0 aliphatic carbocycles. The Morgan fingerprint density at radius 3 is 2.57 bits per heavy atom. The largest absolute Gasteiger partial charge is 0.376 e. The van der Waals surface area contributed by atoms with Crippen molar-refractivity contribution in [1.29, 1.82) is 0 Å². The van der Waals surface area contributed by atoms with Crippen LogP contribution in [0.4, 0.5) is 10.8 Å². The van der Waals surface area contributed by atoms with E-state index in [2.05, 4.69) is 10.6 Å². The molecule has 2 heterocycles. The number of nitrogens with one attached hydrogen (secondary N) is 2. The molecule has 1 aliphatic rings. The van der Waals surface area contributed by atoms with Crippen LogP contribution in [0.15, 0.2) is 60.7 Å². The van der Waals surface area contributed by atoms with Crippen molar-refractivity contribution in [2.75, 3.05) is 18.5 Å². The van der Waals surface area contributed by atoms with Crippen molar-refractivity contribution in [3.63, 3.8) is 0 Å². The number of anilines is 2. The average molecular weight is 394 g/mol. The fourth-order valence-corrected chi connectivity index (χ4v) is 4.24. The average Bonchev–Trinajstić information content (AvgIpc) is 3.38. The van der Waals surface area contributed by atoms with E-state index in [9.17, 15) is 4.79 Å². The molecule has 0 radical (unpaired) electrons. The fraction of sp³-hybridized carbons (Fsp3) is 0.273. The minimum Gasteiger partial charge on any atom is -0.376 e. The zero-order valence-electron chi connectivity index (χ0n) is 15.6. The van der Waals surface area contributed by atoms with Gasteiger partial charge >= 0.3 is 0 Å². The normalized spacial score (nSPS) is 16.1. The molecule has 1 atom stereocenters. The lowest BCUT2D eigenvalue weighted by Crippen LogP contribution is -2.32. The van der Waals surface area contributed by atoms with Gasteiger partial charge in [0.15, 0.2) is 5.13 Å². The lowest BCUT2D eigenvalue weighted by atomic mass is 10.1. The van der Waals surface area contributed by atoms with Gasteiger partial charge in [-0.15, -0.1) is 11.3 Å². The number of carbonyl (C=O) groups is 1. The highest BCUT2D eigenvalue weighted by Gasteiger charge is 2.19. The molecule has 0 bridgehead atoms. The predicted octanol–water partition coefficient (Wildman–Crippen LogP) is 4.39. The molecule has 1 aromatic heterocycles. The second-order valence-corrected chi connectivity index (χ2v) is 7.85. The first kappa shape index (κ1) is 18.7. The van der Waals surface area contributed by atoms with E-state index >= 15 is 0 Å². The standard InChI is InChI=1S/C22H23N3O2S/c26-20(23-15-18-12-7-13-27-18)14-19-21(16-8-3-1-4-9-16)25-22(28-19)24-17-10-5-2-6-11-17/h1-6,8-11,18H,7,12-15H2,(H,23,26)(H,24,25)/t18-/m0/s1. The summed E-state index contributed by atoms with van der Waals surface area (Å²) in [4.78, 5) is 18.2. The van der Waals surface area contributed by atoms with Crippen molar-refractivity contribution < 1.29 is 9.53 Å². The molecule has 144 valence electrons. The zero-order chi connectivity index (χ0) is 19.2. The molecule has 0 unspecified atom stereocenters. The number of thiazole rings is 1. The zero-order valence-corrected chi connectivity index (χ0v) is 16.4. The minimum absolute atomic E-state index is 0.00240. The molecule has 1 amide bonds. The number of benzene rings is 2. The third kappa shape index (κ3) is 4.77. The van der Waals surface area contributed by atoms with Gasteiger partial charge in [-0.3, -0.25) is 4.79 Å². The van der Waals surface area contributed by atoms with Gasteiger partial charge in [0.25, 0.3) is 0 Å². The van der Waals surface area contributed by atoms with Crippen LogP contribution in [-0.4, -0.2) is 30.1 Å². The van der Waals surface area contributed by atoms with Gasteiger partial charge in [-0.25, -0.2) is 4.98 Å². The van der Waals surface area contributed by atoms with Gasteiger partial charge in [-0.05, 0) is 25.0 Å². The van der Waals surface area contributed by atoms with Crippen molar-refractivity contribution in [1.82, 2.24) is 10.3 Å². The highest BCUT2D eigenvalue weighted by atomic mass is 32.1. The van der Waals surface area contributed by atoms with Crippen LogP contribution >= 0.6 is 11.3 Å². The molecule has 2 aromatic carbocycles. The number of hydrogen-bond acceptors (Lipinski definition) is 5. The minimum atomic E-state index is 0.00240. The lowest BCUT2D eigenvalue weighted by molar-refractivity contribution is -0.120. The molecule has 1 fully saturated rings. The van der Waals surface area contributed by atoms with Crippen LogP contribution in [0.2, 0.25) is 0 Å². The Morgan fingerprint density at radius 1 is 1.11 bits per heavy atom. The maximum absolute atomic E-state index is 12.5. The topological polar surface area (TPSA) is 63.2 Å². The molecule has 1 saturated heterocycles. The Labute approximate surface area is 168 Å². The summed E-state index contributed by atoms with van der Waals surface area (Å²) in [6.45, 7) is 1.37. The van der Waals surface area contributed by atoms with Gasteiger partial charge in [0.2, 0.25) is 5.91 Å². The van der Waals surface area contributed by atoms with Gasteiger partial charge in [-0.2, -0.15) is 0 Å². The molecule has 0 saturated carbocycles. The molecule has 0 spiro atoms. The number of aromatic nitrogens is 1. The summed E-state index contributed by atoms with van der Waals surface area (Å²) in [7, 11) is 0. The van der Waals surface area contributed by atoms with E-state index in [1.54, 1.807) is 0 Å². The van der Waals surface area contributed by atoms with Crippen LogP contribution in [0.1, 0.15) is 17.7 Å². The smallest absolute Gasteiger partial charge is 0.225 e. The SMILES string of the molecule is O=C(Cc1sc(Nc2ccccc2)nc1-c1ccccc1)NC[C@@H]1CCCO1. The van der Waals surface area contributed by atoms with Gasteiger partial charge < -0.3 is 15.4 Å². The number of nitrogens with zero attached hydrogens (tertiary/aromatic N) is 1. The van der Waals surface area contributed by atoms with Crippen LogP contribution < -0.4 is 10.6 Å². The quantitative estimate of drug-likeness (QED) is 0.625. The molecule has 28 heavy (non-hydrogen) atoms. The number of amides is 1. The summed E-state index contributed by atoms with van der Waals surface area (Å²) in [5.74, 6) is 0.00240. The summed E-state index contributed by atoms with van der Waals surface area (Å²) >= 11 is 1.52. The van der Waals surface area contributed by atoms with Crippen LogP contribution in [-0.2, 0) is 16.0 Å². The van der Waals surface area contributed by atoms with E-state index in [1.165, 1.54) is 11.3 Å². The fourth-order valence-electron chi connectivity index (χ4n) is 3.23. The van der Waals surface area contributed by atoms with Crippen LogP contribution in [0, 0.1) is 0 Å². The van der Waals surface area contributed by atoms with Gasteiger partial charge in [0.05, 0.1) is 18.2 Å². The summed E-state index contributed by atoms with van der Waals surface area (Å²) in [6.07, 6.45) is 2.54. The molecule has 4 rings (SSSR count). The Balaban J connectivity index is 1.51. The number of rotatable bonds is 7. The predicted molar refractivity (Wildman–Crippen MR) is 113 cm³/mol. The highest BCUT2D eigenvalue weighted by molar-refractivity contribution is 7.16. The number of para-hydroxylation sites is 1. The van der Waals surface area contributed by atoms with E-state index < -0.39 is 0 Å². The van der Waals surface area contributed by atoms with Gasteiger partial charge in [-0.1, -0.05) is 48.5 Å². The van der Waals surface area contributed by atoms with E-state index in [0.29, 0.717) is 13.0 Å². The number of hydrogen-bond donors (Lipinski definition) is 2. The van der Waals surface area contributed by atoms with Gasteiger partial charge in [0, 0.05) is 29.3 Å². The first-order valence-corrected chi connectivity index (χ1v) is 10.3. The Hall–Kier alpha value is -2.70. The molecule has 2 N–H and O–H groups in total. The summed E-state index contributed by atoms with van der Waals surface area (Å²) in [5.41, 5.74) is 2.85. The monoisotopic (exact) mass is 393 g/mol. The molecular formula is C22H23N3O2S. The van der Waals surface area contributed by atoms with Crippen molar-refractivity contribution in [3.8, 4) is 11.3 Å². The second kappa shape index (κ2) is 8.99. The maximum atomic E-state index is 12.5. The lowest BCUT2D eigenvalue weighted by Gasteiger charge is -2.10. The first-order chi connectivity index (χ1) is 13.8. The third-order valence-corrected chi connectivity index (χ3v) is 5.61. The molecule has 1 aliphatic heterocycles. The summed E-state index contributed by atoms with van der Waals surface area (Å²) in [6, 6.07) is 19.9. The summed E-state index contributed by atoms with van der Waals surface area (Å²) < 4.78 is 5.58. The van der Waals surface area contributed by atoms with E-state index in [0.717, 1.165) is 46.4 Å². The molecule has 6 heteroatoms. The van der Waals surface area contributed by atoms with E-state index in [1.807, 2.05) is 60.7 Å². The molecule has 3 aromatic rings. The Kier molecular flexibility index (Phi) is 5.99. The van der Waals surface area contributed by atoms with Crippen molar-refractivity contribution in [2.45, 2.75) is 25.4 Å². The highest BCUT2D eigenvalue weighted by Crippen LogP contribution is 2.33. The van der Waals surface area contributed by atoms with E-state index in [4.69, 9.17) is 9.72 Å². The second-order valence-electron chi connectivity index (χ2n) is 6.76. The summed E-state index contributed by atoms with van der Waals surface area (Å²) in [5, 5.41) is 7.13. The third-order valence-electron chi connectivity index (χ3n) is 4.64. The Morgan fingerprint density at radius 2 is 1.86 bits per heavy atom. The first-order valence-electron chi connectivity index (χ1n) is 9.53. The Bertz CT molecular complexity index is 906. The number of carbonyl (C=O) groups excluding carboxylic acids is 1. The molecule has 5 nitrogen and oxygen atoms in total. The van der Waals surface area contributed by atoms with Crippen LogP contribution in [0.3, 0.4) is 0 Å². The van der Waals surface area contributed by atoms with Crippen molar-refractivity contribution in [2.24, 2.45) is 0 Å². The van der Waals surface area contributed by atoms with Crippen molar-refractivity contribution in [3.05, 3.63) is 65.5 Å². The van der Waals surface area contributed by atoms with Crippen LogP contribution in [0.5, 0.6) is 0 Å². The van der Waals surface area contributed by atoms with Crippen LogP contribution in [0.25, 0.3) is 11.3 Å². The number of ether oxygens (including phenoxy) is 1.